The maximum atomic E-state index is 2.36. The molecule has 2 aliphatic carbocycles. The van der Waals surface area contributed by atoms with E-state index in [1.165, 1.54) is 28.7 Å². The SMILES string of the molecule is CC1=CCC(C2=C(C)C(C)=C(C)C2)=C1C. The lowest BCUT2D eigenvalue weighted by atomic mass is 9.96. The summed E-state index contributed by atoms with van der Waals surface area (Å²) in [7, 11) is 0. The van der Waals surface area contributed by atoms with Gasteiger partial charge in [-0.2, -0.15) is 0 Å². The summed E-state index contributed by atoms with van der Waals surface area (Å²) in [5.74, 6) is 0. The Kier molecular flexibility index (Phi) is 2.46. The lowest BCUT2D eigenvalue weighted by Crippen LogP contribution is -1.90. The van der Waals surface area contributed by atoms with E-state index in [0.29, 0.717) is 0 Å². The highest BCUT2D eigenvalue weighted by molar-refractivity contribution is 5.58. The number of hydrogen-bond acceptors (Lipinski definition) is 0. The first kappa shape index (κ1) is 10.5. The summed E-state index contributed by atoms with van der Waals surface area (Å²) in [6.07, 6.45) is 4.67. The van der Waals surface area contributed by atoms with Crippen LogP contribution >= 0.6 is 0 Å². The Balaban J connectivity index is 2.39. The third kappa shape index (κ3) is 1.52. The first-order valence-electron chi connectivity index (χ1n) is 5.76. The van der Waals surface area contributed by atoms with Gasteiger partial charge >= 0.3 is 0 Å². The molecule has 0 heteroatoms. The van der Waals surface area contributed by atoms with Crippen LogP contribution < -0.4 is 0 Å². The zero-order chi connectivity index (χ0) is 11.2. The predicted octanol–water partition coefficient (Wildman–Crippen LogP) is 4.71. The lowest BCUT2D eigenvalue weighted by Gasteiger charge is -2.09. The van der Waals surface area contributed by atoms with Gasteiger partial charge in [-0.05, 0) is 75.3 Å². The second-order valence-corrected chi connectivity index (χ2v) is 4.88. The Labute approximate surface area is 93.1 Å². The van der Waals surface area contributed by atoms with E-state index in [1.807, 2.05) is 0 Å². The highest BCUT2D eigenvalue weighted by Crippen LogP contribution is 2.41. The Hall–Kier alpha value is -1.04. The molecule has 80 valence electrons. The molecule has 0 aromatic heterocycles. The normalized spacial score (nSPS) is 22.1. The van der Waals surface area contributed by atoms with Gasteiger partial charge in [0.25, 0.3) is 0 Å². The van der Waals surface area contributed by atoms with Crippen molar-refractivity contribution in [1.29, 1.82) is 0 Å². The van der Waals surface area contributed by atoms with E-state index in [0.717, 1.165) is 6.42 Å². The van der Waals surface area contributed by atoms with Crippen LogP contribution in [-0.4, -0.2) is 0 Å². The van der Waals surface area contributed by atoms with Gasteiger partial charge in [-0.15, -0.1) is 0 Å². The fourth-order valence-corrected chi connectivity index (χ4v) is 2.56. The van der Waals surface area contributed by atoms with Crippen LogP contribution in [-0.2, 0) is 0 Å². The molecule has 0 aliphatic heterocycles. The highest BCUT2D eigenvalue weighted by atomic mass is 14.3. The Bertz CT molecular complexity index is 437. The van der Waals surface area contributed by atoms with Crippen molar-refractivity contribution in [2.75, 3.05) is 0 Å². The second kappa shape index (κ2) is 3.52. The monoisotopic (exact) mass is 200 g/mol. The minimum absolute atomic E-state index is 1.14. The molecule has 2 rings (SSSR count). The van der Waals surface area contributed by atoms with Crippen LogP contribution in [0.1, 0.15) is 47.5 Å². The van der Waals surface area contributed by atoms with Crippen LogP contribution in [0, 0.1) is 0 Å². The molecule has 0 amide bonds. The quantitative estimate of drug-likeness (QED) is 0.575. The third-order valence-electron chi connectivity index (χ3n) is 4.12. The Morgan fingerprint density at radius 3 is 1.87 bits per heavy atom. The topological polar surface area (TPSA) is 0 Å². The van der Waals surface area contributed by atoms with E-state index < -0.39 is 0 Å². The van der Waals surface area contributed by atoms with Crippen LogP contribution in [0.2, 0.25) is 0 Å². The first-order valence-corrected chi connectivity index (χ1v) is 5.76. The Morgan fingerprint density at radius 2 is 1.47 bits per heavy atom. The maximum Gasteiger partial charge on any atom is -0.00584 e. The molecule has 0 fully saturated rings. The minimum Gasteiger partial charge on any atom is -0.0769 e. The molecule has 0 N–H and O–H groups in total. The maximum absolute atomic E-state index is 2.36. The van der Waals surface area contributed by atoms with Crippen molar-refractivity contribution in [3.63, 3.8) is 0 Å². The average Bonchev–Trinajstić information content (AvgIpc) is 2.64. The summed E-state index contributed by atoms with van der Waals surface area (Å²) < 4.78 is 0. The van der Waals surface area contributed by atoms with Crippen molar-refractivity contribution in [2.45, 2.75) is 47.5 Å². The molecule has 0 radical (unpaired) electrons. The van der Waals surface area contributed by atoms with Gasteiger partial charge in [0.1, 0.15) is 0 Å². The first-order chi connectivity index (χ1) is 7.02. The standard InChI is InChI=1S/C15H20/c1-9-6-7-14(12(9)4)15-8-10(2)11(3)13(15)5/h6H,7-8H2,1-5H3. The molecule has 0 atom stereocenters. The molecule has 0 aromatic carbocycles. The van der Waals surface area contributed by atoms with Gasteiger partial charge in [0.2, 0.25) is 0 Å². The minimum atomic E-state index is 1.14. The molecule has 0 spiro atoms. The highest BCUT2D eigenvalue weighted by Gasteiger charge is 2.22. The molecule has 0 saturated carbocycles. The van der Waals surface area contributed by atoms with E-state index in [4.69, 9.17) is 0 Å². The molecule has 0 aromatic rings. The van der Waals surface area contributed by atoms with E-state index >= 15 is 0 Å². The fraction of sp³-hybridized carbons (Fsp3) is 0.467. The number of rotatable bonds is 1. The van der Waals surface area contributed by atoms with Gasteiger partial charge in [-0.1, -0.05) is 17.2 Å². The fourth-order valence-electron chi connectivity index (χ4n) is 2.56. The summed E-state index contributed by atoms with van der Waals surface area (Å²) in [6, 6.07) is 0. The Morgan fingerprint density at radius 1 is 0.800 bits per heavy atom. The van der Waals surface area contributed by atoms with Crippen molar-refractivity contribution in [1.82, 2.24) is 0 Å². The molecular weight excluding hydrogens is 180 g/mol. The van der Waals surface area contributed by atoms with E-state index in [9.17, 15) is 0 Å². The van der Waals surface area contributed by atoms with E-state index in [2.05, 4.69) is 40.7 Å². The van der Waals surface area contributed by atoms with E-state index in [-0.39, 0.29) is 0 Å². The predicted molar refractivity (Wildman–Crippen MR) is 66.8 cm³/mol. The van der Waals surface area contributed by atoms with Gasteiger partial charge in [0, 0.05) is 0 Å². The molecule has 15 heavy (non-hydrogen) atoms. The smallest absolute Gasteiger partial charge is 0.00584 e. The lowest BCUT2D eigenvalue weighted by molar-refractivity contribution is 1.09. The summed E-state index contributed by atoms with van der Waals surface area (Å²) in [4.78, 5) is 0. The van der Waals surface area contributed by atoms with E-state index in [1.54, 1.807) is 16.7 Å². The molecule has 0 heterocycles. The van der Waals surface area contributed by atoms with Gasteiger partial charge in [-0.25, -0.2) is 0 Å². The van der Waals surface area contributed by atoms with Crippen molar-refractivity contribution in [3.8, 4) is 0 Å². The van der Waals surface area contributed by atoms with Gasteiger partial charge in [-0.3, -0.25) is 0 Å². The van der Waals surface area contributed by atoms with Gasteiger partial charge in [0.15, 0.2) is 0 Å². The summed E-state index contributed by atoms with van der Waals surface area (Å²) >= 11 is 0. The molecule has 0 saturated heterocycles. The van der Waals surface area contributed by atoms with Crippen molar-refractivity contribution in [3.05, 3.63) is 45.1 Å². The summed E-state index contributed by atoms with van der Waals surface area (Å²) in [5.41, 5.74) is 10.7. The second-order valence-electron chi connectivity index (χ2n) is 4.88. The van der Waals surface area contributed by atoms with Crippen LogP contribution in [0.5, 0.6) is 0 Å². The van der Waals surface area contributed by atoms with Crippen LogP contribution in [0.4, 0.5) is 0 Å². The number of allylic oxidation sites excluding steroid dienone is 8. The zero-order valence-corrected chi connectivity index (χ0v) is 10.5. The van der Waals surface area contributed by atoms with Crippen LogP contribution in [0.25, 0.3) is 0 Å². The van der Waals surface area contributed by atoms with Crippen LogP contribution in [0.15, 0.2) is 45.1 Å². The zero-order valence-electron chi connectivity index (χ0n) is 10.5. The number of hydrogen-bond donors (Lipinski definition) is 0. The summed E-state index contributed by atoms with van der Waals surface area (Å²) in [6.45, 7) is 11.3. The average molecular weight is 200 g/mol. The molecule has 0 nitrogen and oxygen atoms in total. The van der Waals surface area contributed by atoms with Gasteiger partial charge < -0.3 is 0 Å². The van der Waals surface area contributed by atoms with Crippen molar-refractivity contribution in [2.24, 2.45) is 0 Å². The van der Waals surface area contributed by atoms with Crippen LogP contribution in [0.3, 0.4) is 0 Å². The molecular formula is C15H20. The largest absolute Gasteiger partial charge is 0.0769 e. The molecule has 0 bridgehead atoms. The summed E-state index contributed by atoms with van der Waals surface area (Å²) in [5, 5.41) is 0. The third-order valence-corrected chi connectivity index (χ3v) is 4.12. The van der Waals surface area contributed by atoms with Crippen molar-refractivity contribution < 1.29 is 0 Å². The van der Waals surface area contributed by atoms with Gasteiger partial charge in [0.05, 0.1) is 0 Å². The van der Waals surface area contributed by atoms with Crippen molar-refractivity contribution >= 4 is 0 Å². The molecule has 2 aliphatic rings. The molecule has 0 unspecified atom stereocenters.